The maximum Gasteiger partial charge on any atom is 0.0897 e. The fraction of sp³-hybridized carbons (Fsp3) is 0.571. The number of nitrogens with one attached hydrogen (secondary N) is 1. The van der Waals surface area contributed by atoms with Gasteiger partial charge in [0.2, 0.25) is 0 Å². The van der Waals surface area contributed by atoms with Crippen LogP contribution in [0.1, 0.15) is 31.0 Å². The van der Waals surface area contributed by atoms with E-state index in [1.807, 2.05) is 6.92 Å². The van der Waals surface area contributed by atoms with Crippen molar-refractivity contribution in [2.45, 2.75) is 32.9 Å². The average Bonchev–Trinajstić information content (AvgIpc) is 2.34. The Labute approximate surface area is 104 Å². The number of aryl methyl sites for hydroxylation is 1. The van der Waals surface area contributed by atoms with Crippen LogP contribution in [0.15, 0.2) is 24.3 Å². The van der Waals surface area contributed by atoms with Gasteiger partial charge >= 0.3 is 0 Å². The molecule has 0 aliphatic carbocycles. The molecule has 0 bridgehead atoms. The summed E-state index contributed by atoms with van der Waals surface area (Å²) < 4.78 is 5.16. The molecule has 0 aliphatic heterocycles. The number of aliphatic hydroxyl groups is 1. The summed E-state index contributed by atoms with van der Waals surface area (Å²) in [5, 5.41) is 12.9. The van der Waals surface area contributed by atoms with E-state index in [4.69, 9.17) is 4.74 Å². The number of ether oxygens (including phenoxy) is 1. The lowest BCUT2D eigenvalue weighted by molar-refractivity contribution is 0.0416. The molecule has 0 aromatic heterocycles. The third-order valence-corrected chi connectivity index (χ3v) is 2.75. The van der Waals surface area contributed by atoms with Gasteiger partial charge in [-0.15, -0.1) is 0 Å². The third kappa shape index (κ3) is 5.31. The molecule has 1 rings (SSSR count). The molecule has 3 nitrogen and oxygen atoms in total. The largest absolute Gasteiger partial charge is 0.389 e. The van der Waals surface area contributed by atoms with Crippen molar-refractivity contribution in [3.8, 4) is 0 Å². The minimum Gasteiger partial charge on any atom is -0.389 e. The minimum atomic E-state index is -0.442. The van der Waals surface area contributed by atoms with Crippen LogP contribution in [0.5, 0.6) is 0 Å². The van der Waals surface area contributed by atoms with E-state index < -0.39 is 6.10 Å². The molecule has 2 unspecified atom stereocenters. The summed E-state index contributed by atoms with van der Waals surface area (Å²) in [6, 6.07) is 8.67. The second kappa shape index (κ2) is 7.43. The quantitative estimate of drug-likeness (QED) is 0.762. The number of aliphatic hydroxyl groups excluding tert-OH is 1. The van der Waals surface area contributed by atoms with Crippen molar-refractivity contribution < 1.29 is 9.84 Å². The molecule has 0 saturated heterocycles. The SMILES string of the molecule is CCOCC(O)CNC(C)c1ccc(C)cc1. The van der Waals surface area contributed by atoms with Crippen LogP contribution in [0.3, 0.4) is 0 Å². The zero-order chi connectivity index (χ0) is 12.7. The molecular formula is C14H23NO2. The van der Waals surface area contributed by atoms with Crippen molar-refractivity contribution in [1.29, 1.82) is 0 Å². The monoisotopic (exact) mass is 237 g/mol. The fourth-order valence-corrected chi connectivity index (χ4v) is 1.60. The van der Waals surface area contributed by atoms with E-state index in [9.17, 15) is 5.11 Å². The van der Waals surface area contributed by atoms with Crippen molar-refractivity contribution in [3.63, 3.8) is 0 Å². The van der Waals surface area contributed by atoms with Gasteiger partial charge in [0.25, 0.3) is 0 Å². The zero-order valence-corrected chi connectivity index (χ0v) is 10.9. The average molecular weight is 237 g/mol. The first-order valence-corrected chi connectivity index (χ1v) is 6.19. The van der Waals surface area contributed by atoms with E-state index in [0.717, 1.165) is 0 Å². The summed E-state index contributed by atoms with van der Waals surface area (Å²) in [7, 11) is 0. The number of rotatable bonds is 7. The van der Waals surface area contributed by atoms with E-state index in [-0.39, 0.29) is 6.04 Å². The van der Waals surface area contributed by atoms with Crippen LogP contribution in [0.2, 0.25) is 0 Å². The summed E-state index contributed by atoms with van der Waals surface area (Å²) in [4.78, 5) is 0. The van der Waals surface area contributed by atoms with Crippen LogP contribution in [0, 0.1) is 6.92 Å². The molecule has 3 heteroatoms. The molecule has 1 aromatic carbocycles. The summed E-state index contributed by atoms with van der Waals surface area (Å²) in [5.41, 5.74) is 2.50. The molecule has 2 atom stereocenters. The first-order chi connectivity index (χ1) is 8.13. The molecule has 0 saturated carbocycles. The lowest BCUT2D eigenvalue weighted by atomic mass is 10.1. The topological polar surface area (TPSA) is 41.5 Å². The highest BCUT2D eigenvalue weighted by molar-refractivity contribution is 5.23. The Morgan fingerprint density at radius 1 is 1.29 bits per heavy atom. The molecule has 0 radical (unpaired) electrons. The Hall–Kier alpha value is -0.900. The standard InChI is InChI=1S/C14H23NO2/c1-4-17-10-14(16)9-15-12(3)13-7-5-11(2)6-8-13/h5-8,12,14-16H,4,9-10H2,1-3H3. The first kappa shape index (κ1) is 14.2. The predicted octanol–water partition coefficient (Wildman–Crippen LogP) is 2.04. The van der Waals surface area contributed by atoms with Gasteiger partial charge in [0.1, 0.15) is 0 Å². The van der Waals surface area contributed by atoms with Gasteiger partial charge in [0.05, 0.1) is 12.7 Å². The Morgan fingerprint density at radius 2 is 1.94 bits per heavy atom. The van der Waals surface area contributed by atoms with E-state index in [1.54, 1.807) is 0 Å². The van der Waals surface area contributed by atoms with Gasteiger partial charge < -0.3 is 15.2 Å². The summed E-state index contributed by atoms with van der Waals surface area (Å²) in [6.07, 6.45) is -0.442. The van der Waals surface area contributed by atoms with Crippen molar-refractivity contribution >= 4 is 0 Å². The third-order valence-electron chi connectivity index (χ3n) is 2.75. The van der Waals surface area contributed by atoms with Gasteiger partial charge in [0, 0.05) is 19.2 Å². The van der Waals surface area contributed by atoms with Gasteiger partial charge in [-0.05, 0) is 26.3 Å². The zero-order valence-electron chi connectivity index (χ0n) is 10.9. The second-order valence-electron chi connectivity index (χ2n) is 4.35. The van der Waals surface area contributed by atoms with Crippen LogP contribution >= 0.6 is 0 Å². The lowest BCUT2D eigenvalue weighted by Crippen LogP contribution is -2.32. The number of hydrogen-bond donors (Lipinski definition) is 2. The predicted molar refractivity (Wildman–Crippen MR) is 70.1 cm³/mol. The van der Waals surface area contributed by atoms with Gasteiger partial charge in [-0.2, -0.15) is 0 Å². The highest BCUT2D eigenvalue weighted by Gasteiger charge is 2.08. The van der Waals surface area contributed by atoms with Crippen LogP contribution in [0.4, 0.5) is 0 Å². The van der Waals surface area contributed by atoms with Crippen LogP contribution in [-0.4, -0.2) is 31.0 Å². The summed E-state index contributed by atoms with van der Waals surface area (Å²) in [5.74, 6) is 0. The van der Waals surface area contributed by atoms with Crippen LogP contribution < -0.4 is 5.32 Å². The Bertz CT molecular complexity index is 311. The van der Waals surface area contributed by atoms with Crippen LogP contribution in [0.25, 0.3) is 0 Å². The van der Waals surface area contributed by atoms with E-state index in [1.165, 1.54) is 11.1 Å². The number of benzene rings is 1. The molecular weight excluding hydrogens is 214 g/mol. The maximum absolute atomic E-state index is 9.63. The Morgan fingerprint density at radius 3 is 2.53 bits per heavy atom. The van der Waals surface area contributed by atoms with Crippen molar-refractivity contribution in [1.82, 2.24) is 5.32 Å². The maximum atomic E-state index is 9.63. The van der Waals surface area contributed by atoms with E-state index in [2.05, 4.69) is 43.4 Å². The van der Waals surface area contributed by atoms with Crippen molar-refractivity contribution in [2.24, 2.45) is 0 Å². The molecule has 2 N–H and O–H groups in total. The van der Waals surface area contributed by atoms with E-state index >= 15 is 0 Å². The van der Waals surface area contributed by atoms with E-state index in [0.29, 0.717) is 19.8 Å². The van der Waals surface area contributed by atoms with Gasteiger partial charge in [-0.3, -0.25) is 0 Å². The lowest BCUT2D eigenvalue weighted by Gasteiger charge is -2.17. The first-order valence-electron chi connectivity index (χ1n) is 6.19. The smallest absolute Gasteiger partial charge is 0.0897 e. The van der Waals surface area contributed by atoms with Gasteiger partial charge in [-0.1, -0.05) is 29.8 Å². The molecule has 96 valence electrons. The molecule has 0 spiro atoms. The second-order valence-corrected chi connectivity index (χ2v) is 4.35. The molecule has 0 fully saturated rings. The normalized spacial score (nSPS) is 14.6. The van der Waals surface area contributed by atoms with Crippen molar-refractivity contribution in [3.05, 3.63) is 35.4 Å². The van der Waals surface area contributed by atoms with Gasteiger partial charge in [0.15, 0.2) is 0 Å². The van der Waals surface area contributed by atoms with Crippen molar-refractivity contribution in [2.75, 3.05) is 19.8 Å². The molecule has 0 amide bonds. The molecule has 17 heavy (non-hydrogen) atoms. The fourth-order valence-electron chi connectivity index (χ4n) is 1.60. The summed E-state index contributed by atoms with van der Waals surface area (Å²) in [6.45, 7) is 7.69. The molecule has 0 aliphatic rings. The summed E-state index contributed by atoms with van der Waals surface area (Å²) >= 11 is 0. The van der Waals surface area contributed by atoms with Gasteiger partial charge in [-0.25, -0.2) is 0 Å². The molecule has 0 heterocycles. The molecule has 1 aromatic rings. The highest BCUT2D eigenvalue weighted by atomic mass is 16.5. The minimum absolute atomic E-state index is 0.242. The Balaban J connectivity index is 2.34. The highest BCUT2D eigenvalue weighted by Crippen LogP contribution is 2.12. The number of hydrogen-bond acceptors (Lipinski definition) is 3. The Kier molecular flexibility index (Phi) is 6.19. The van der Waals surface area contributed by atoms with Crippen LogP contribution in [-0.2, 0) is 4.74 Å².